The zero-order chi connectivity index (χ0) is 44.4. The van der Waals surface area contributed by atoms with Crippen LogP contribution in [-0.2, 0) is 28.5 Å². The molecule has 0 aromatic heterocycles. The van der Waals surface area contributed by atoms with E-state index in [9.17, 15) is 30.0 Å². The van der Waals surface area contributed by atoms with E-state index >= 15 is 0 Å². The van der Waals surface area contributed by atoms with Gasteiger partial charge in [0.15, 0.2) is 12.4 Å². The number of hydrogen-bond donors (Lipinski definition) is 4. The lowest BCUT2D eigenvalue weighted by Gasteiger charge is -2.39. The maximum atomic E-state index is 12.8. The molecule has 10 nitrogen and oxygen atoms in total. The molecule has 6 atom stereocenters. The van der Waals surface area contributed by atoms with Gasteiger partial charge in [-0.05, 0) is 83.5 Å². The van der Waals surface area contributed by atoms with Gasteiger partial charge in [-0.2, -0.15) is 0 Å². The van der Waals surface area contributed by atoms with Gasteiger partial charge >= 0.3 is 11.9 Å². The Morgan fingerprint density at radius 3 is 1.51 bits per heavy atom. The van der Waals surface area contributed by atoms with E-state index in [1.54, 1.807) is 0 Å². The number of esters is 2. The van der Waals surface area contributed by atoms with E-state index < -0.39 is 55.4 Å². The third kappa shape index (κ3) is 32.3. The molecule has 348 valence electrons. The molecule has 0 aromatic carbocycles. The fourth-order valence-corrected chi connectivity index (χ4v) is 6.55. The number of carbonyl (C=O) groups excluding carboxylic acids is 2. The molecule has 1 rings (SSSR count). The summed E-state index contributed by atoms with van der Waals surface area (Å²) in [4.78, 5) is 25.4. The molecular formula is C51H84O10. The van der Waals surface area contributed by atoms with Gasteiger partial charge in [0.1, 0.15) is 31.0 Å². The molecule has 1 heterocycles. The van der Waals surface area contributed by atoms with Crippen LogP contribution >= 0.6 is 0 Å². The molecule has 4 N–H and O–H groups in total. The molecule has 1 aliphatic heterocycles. The molecule has 2 unspecified atom stereocenters. The predicted molar refractivity (Wildman–Crippen MR) is 247 cm³/mol. The van der Waals surface area contributed by atoms with Crippen molar-refractivity contribution in [3.8, 4) is 0 Å². The van der Waals surface area contributed by atoms with Crippen LogP contribution in [0.2, 0.25) is 0 Å². The third-order valence-electron chi connectivity index (χ3n) is 10.3. The van der Waals surface area contributed by atoms with E-state index in [2.05, 4.69) is 92.8 Å². The summed E-state index contributed by atoms with van der Waals surface area (Å²) in [5.74, 6) is -0.886. The Balaban J connectivity index is 2.35. The van der Waals surface area contributed by atoms with Gasteiger partial charge in [0.2, 0.25) is 0 Å². The van der Waals surface area contributed by atoms with Crippen molar-refractivity contribution in [3.05, 3.63) is 85.1 Å². The maximum absolute atomic E-state index is 12.8. The van der Waals surface area contributed by atoms with Crippen molar-refractivity contribution in [3.63, 3.8) is 0 Å². The molecule has 0 saturated carbocycles. The first-order chi connectivity index (χ1) is 29.8. The van der Waals surface area contributed by atoms with E-state index in [0.717, 1.165) is 64.2 Å². The van der Waals surface area contributed by atoms with Crippen LogP contribution in [-0.4, -0.2) is 89.0 Å². The van der Waals surface area contributed by atoms with Crippen LogP contribution in [0.25, 0.3) is 0 Å². The van der Waals surface area contributed by atoms with Crippen LogP contribution in [0.1, 0.15) is 168 Å². The second-order valence-corrected chi connectivity index (χ2v) is 15.8. The van der Waals surface area contributed by atoms with E-state index in [1.807, 2.05) is 6.08 Å². The molecule has 0 aliphatic carbocycles. The molecular weight excluding hydrogens is 773 g/mol. The Bertz CT molecular complexity index is 1270. The molecule has 0 aromatic rings. The van der Waals surface area contributed by atoms with Gasteiger partial charge in [-0.1, -0.05) is 157 Å². The summed E-state index contributed by atoms with van der Waals surface area (Å²) >= 11 is 0. The smallest absolute Gasteiger partial charge is 0.306 e. The highest BCUT2D eigenvalue weighted by Gasteiger charge is 2.44. The first-order valence-electron chi connectivity index (χ1n) is 23.7. The molecule has 1 fully saturated rings. The summed E-state index contributed by atoms with van der Waals surface area (Å²) in [7, 11) is 0. The Hall–Kier alpha value is -3.12. The summed E-state index contributed by atoms with van der Waals surface area (Å²) in [6.45, 7) is 3.21. The molecule has 0 spiro atoms. The van der Waals surface area contributed by atoms with Crippen molar-refractivity contribution >= 4 is 11.9 Å². The second-order valence-electron chi connectivity index (χ2n) is 15.8. The quantitative estimate of drug-likeness (QED) is 0.0268. The van der Waals surface area contributed by atoms with Crippen molar-refractivity contribution in [2.45, 2.75) is 205 Å². The Labute approximate surface area is 369 Å². The van der Waals surface area contributed by atoms with Gasteiger partial charge in [0.25, 0.3) is 0 Å². The summed E-state index contributed by atoms with van der Waals surface area (Å²) < 4.78 is 22.1. The van der Waals surface area contributed by atoms with E-state index in [0.29, 0.717) is 19.3 Å². The fraction of sp³-hybridized carbons (Fsp3) is 0.686. The van der Waals surface area contributed by atoms with Crippen molar-refractivity contribution in [1.82, 2.24) is 0 Å². The van der Waals surface area contributed by atoms with Gasteiger partial charge < -0.3 is 39.4 Å². The van der Waals surface area contributed by atoms with Crippen LogP contribution in [0.5, 0.6) is 0 Å². The Kier molecular flexibility index (Phi) is 37.5. The number of hydrogen-bond acceptors (Lipinski definition) is 10. The molecule has 61 heavy (non-hydrogen) atoms. The van der Waals surface area contributed by atoms with Crippen LogP contribution < -0.4 is 0 Å². The standard InChI is InChI=1S/C51H84O10/c1-3-5-7-9-11-13-15-17-19-21-22-24-25-27-29-31-33-35-37-39-46(53)58-42-44(43-59-51-50(57)49(56)48(55)45(41-52)61-51)60-47(54)40-38-36-34-32-30-28-26-23-20-18-16-14-12-10-8-6-4-2/h6,8,11-14,17-20,26,28,32,34,44-45,48-52,55-57H,3-5,7,9-10,15-16,21-25,27,29-31,33,35-43H2,1-2H3/b8-6+,13-11+,14-12+,19-17+,20-18+,28-26+,34-32+/t44-,45-,48+,49?,50?,51-/m0/s1. The van der Waals surface area contributed by atoms with Crippen LogP contribution in [0, 0.1) is 0 Å². The van der Waals surface area contributed by atoms with Gasteiger partial charge in [-0.25, -0.2) is 0 Å². The summed E-state index contributed by atoms with van der Waals surface area (Å²) in [6.07, 6.45) is 45.9. The van der Waals surface area contributed by atoms with Crippen LogP contribution in [0.4, 0.5) is 0 Å². The van der Waals surface area contributed by atoms with Gasteiger partial charge in [-0.15, -0.1) is 0 Å². The number of unbranched alkanes of at least 4 members (excludes halogenated alkanes) is 13. The zero-order valence-corrected chi connectivity index (χ0v) is 37.9. The molecule has 0 amide bonds. The van der Waals surface area contributed by atoms with E-state index in [1.165, 1.54) is 57.8 Å². The van der Waals surface area contributed by atoms with Crippen molar-refractivity contribution in [2.24, 2.45) is 0 Å². The minimum Gasteiger partial charge on any atom is -0.462 e. The Morgan fingerprint density at radius 1 is 0.525 bits per heavy atom. The predicted octanol–water partition coefficient (Wildman–Crippen LogP) is 10.6. The van der Waals surface area contributed by atoms with Crippen LogP contribution in [0.15, 0.2) is 85.1 Å². The van der Waals surface area contributed by atoms with Gasteiger partial charge in [0.05, 0.1) is 13.2 Å². The minimum atomic E-state index is -1.61. The first-order valence-corrected chi connectivity index (χ1v) is 23.7. The van der Waals surface area contributed by atoms with Crippen molar-refractivity contribution < 1.29 is 49.0 Å². The summed E-state index contributed by atoms with van der Waals surface area (Å²) in [5, 5.41) is 40.1. The van der Waals surface area contributed by atoms with Crippen molar-refractivity contribution in [2.75, 3.05) is 19.8 Å². The highest BCUT2D eigenvalue weighted by atomic mass is 16.7. The van der Waals surface area contributed by atoms with Crippen LogP contribution in [0.3, 0.4) is 0 Å². The van der Waals surface area contributed by atoms with Crippen molar-refractivity contribution in [1.29, 1.82) is 0 Å². The normalized spacial score (nSPS) is 20.5. The lowest BCUT2D eigenvalue weighted by atomic mass is 9.99. The number of rotatable bonds is 38. The minimum absolute atomic E-state index is 0.146. The Morgan fingerprint density at radius 2 is 0.984 bits per heavy atom. The number of aliphatic hydroxyl groups is 4. The second kappa shape index (κ2) is 40.9. The highest BCUT2D eigenvalue weighted by Crippen LogP contribution is 2.22. The average Bonchev–Trinajstić information content (AvgIpc) is 3.26. The highest BCUT2D eigenvalue weighted by molar-refractivity contribution is 5.70. The molecule has 0 bridgehead atoms. The molecule has 10 heteroatoms. The summed E-state index contributed by atoms with van der Waals surface area (Å²) in [5.41, 5.74) is 0. The molecule has 1 aliphatic rings. The number of ether oxygens (including phenoxy) is 4. The third-order valence-corrected chi connectivity index (χ3v) is 10.3. The monoisotopic (exact) mass is 857 g/mol. The molecule has 0 radical (unpaired) electrons. The number of allylic oxidation sites excluding steroid dienone is 14. The largest absolute Gasteiger partial charge is 0.462 e. The van der Waals surface area contributed by atoms with E-state index in [-0.39, 0.29) is 26.1 Å². The number of aliphatic hydroxyl groups excluding tert-OH is 4. The first kappa shape index (κ1) is 55.9. The lowest BCUT2D eigenvalue weighted by Crippen LogP contribution is -2.59. The van der Waals surface area contributed by atoms with E-state index in [4.69, 9.17) is 18.9 Å². The maximum Gasteiger partial charge on any atom is 0.306 e. The SMILES string of the molecule is CC/C=C/C/C=C/C/C=C/C/C=C/C/C=C/CCCC(=O)O[C@@H](COC(=O)CCCCCCCCCCC/C=C/C/C=C/CCCCC)CO[C@H]1O[C@@H](CO)[C@@H](O)C(O)C1O. The lowest BCUT2D eigenvalue weighted by molar-refractivity contribution is -0.305. The average molecular weight is 857 g/mol. The topological polar surface area (TPSA) is 152 Å². The molecule has 1 saturated heterocycles. The number of carbonyl (C=O) groups is 2. The summed E-state index contributed by atoms with van der Waals surface area (Å²) in [6, 6.07) is 0. The fourth-order valence-electron chi connectivity index (χ4n) is 6.55. The van der Waals surface area contributed by atoms with Gasteiger partial charge in [-0.3, -0.25) is 9.59 Å². The van der Waals surface area contributed by atoms with Gasteiger partial charge in [0, 0.05) is 12.8 Å². The zero-order valence-electron chi connectivity index (χ0n) is 37.9.